The van der Waals surface area contributed by atoms with Gasteiger partial charge in [0.05, 0.1) is 0 Å². The Labute approximate surface area is 105 Å². The van der Waals surface area contributed by atoms with Gasteiger partial charge in [-0.3, -0.25) is 4.79 Å². The van der Waals surface area contributed by atoms with Crippen LogP contribution in [-0.4, -0.2) is 19.9 Å². The molecule has 0 radical (unpaired) electrons. The van der Waals surface area contributed by atoms with E-state index in [1.807, 2.05) is 0 Å². The fourth-order valence-electron chi connectivity index (χ4n) is 1.55. The second-order valence-electron chi connectivity index (χ2n) is 4.56. The normalized spacial score (nSPS) is 12.4. The molecule has 1 aromatic carbocycles. The lowest BCUT2D eigenvalue weighted by Gasteiger charge is -2.24. The minimum atomic E-state index is -4.03. The van der Waals surface area contributed by atoms with Crippen molar-refractivity contribution in [2.24, 2.45) is 5.73 Å². The van der Waals surface area contributed by atoms with Gasteiger partial charge in [-0.05, 0) is 26.0 Å². The largest absolute Gasteiger partial charge is 0.370 e. The van der Waals surface area contributed by atoms with Gasteiger partial charge >= 0.3 is 0 Å². The number of benzene rings is 1. The quantitative estimate of drug-likeness (QED) is 0.830. The standard InChI is InChI=1S/C11H15FN2O3S/c1-11(2,7-10(13)15)14-18(16,17)9-6-4-3-5-8(9)12/h3-6,14H,7H2,1-2H3,(H2,13,15). The maximum Gasteiger partial charge on any atom is 0.243 e. The summed E-state index contributed by atoms with van der Waals surface area (Å²) >= 11 is 0. The van der Waals surface area contributed by atoms with Gasteiger partial charge in [0, 0.05) is 12.0 Å². The van der Waals surface area contributed by atoms with Crippen LogP contribution in [-0.2, 0) is 14.8 Å². The summed E-state index contributed by atoms with van der Waals surface area (Å²) in [7, 11) is -4.03. The molecule has 0 saturated carbocycles. The number of carbonyl (C=O) groups is 1. The lowest BCUT2D eigenvalue weighted by molar-refractivity contribution is -0.119. The Hall–Kier alpha value is -1.47. The second-order valence-corrected chi connectivity index (χ2v) is 6.21. The van der Waals surface area contributed by atoms with Crippen molar-refractivity contribution in [2.75, 3.05) is 0 Å². The van der Waals surface area contributed by atoms with Crippen molar-refractivity contribution >= 4 is 15.9 Å². The first-order chi connectivity index (χ1) is 8.14. The maximum absolute atomic E-state index is 13.4. The highest BCUT2D eigenvalue weighted by molar-refractivity contribution is 7.89. The monoisotopic (exact) mass is 274 g/mol. The van der Waals surface area contributed by atoms with Crippen LogP contribution in [0.5, 0.6) is 0 Å². The average molecular weight is 274 g/mol. The molecule has 1 aromatic rings. The van der Waals surface area contributed by atoms with E-state index in [1.54, 1.807) is 0 Å². The van der Waals surface area contributed by atoms with Crippen LogP contribution in [0.1, 0.15) is 20.3 Å². The zero-order valence-corrected chi connectivity index (χ0v) is 10.9. The fourth-order valence-corrected chi connectivity index (χ4v) is 3.05. The molecular formula is C11H15FN2O3S. The molecule has 0 aliphatic carbocycles. The van der Waals surface area contributed by atoms with Crippen molar-refractivity contribution < 1.29 is 17.6 Å². The van der Waals surface area contributed by atoms with Gasteiger partial charge in [-0.15, -0.1) is 0 Å². The highest BCUT2D eigenvalue weighted by Crippen LogP contribution is 2.17. The summed E-state index contributed by atoms with van der Waals surface area (Å²) in [6, 6.07) is 5.01. The predicted octanol–water partition coefficient (Wildman–Crippen LogP) is 0.758. The third-order valence-electron chi connectivity index (χ3n) is 2.15. The predicted molar refractivity (Wildman–Crippen MR) is 64.6 cm³/mol. The molecule has 0 aliphatic heterocycles. The van der Waals surface area contributed by atoms with E-state index >= 15 is 0 Å². The molecular weight excluding hydrogens is 259 g/mol. The molecule has 0 bridgehead atoms. The molecule has 0 aromatic heterocycles. The van der Waals surface area contributed by atoms with Gasteiger partial charge in [-0.1, -0.05) is 12.1 Å². The SMILES string of the molecule is CC(C)(CC(N)=O)NS(=O)(=O)c1ccccc1F. The van der Waals surface area contributed by atoms with Crippen molar-refractivity contribution in [2.45, 2.75) is 30.7 Å². The summed E-state index contributed by atoms with van der Waals surface area (Å²) in [5, 5.41) is 0. The summed E-state index contributed by atoms with van der Waals surface area (Å²) < 4.78 is 39.6. The molecule has 0 saturated heterocycles. The van der Waals surface area contributed by atoms with E-state index in [1.165, 1.54) is 26.0 Å². The Kier molecular flexibility index (Phi) is 4.08. The molecule has 0 fully saturated rings. The van der Waals surface area contributed by atoms with Crippen molar-refractivity contribution in [3.63, 3.8) is 0 Å². The van der Waals surface area contributed by atoms with Gasteiger partial charge < -0.3 is 5.73 Å². The van der Waals surface area contributed by atoms with Crippen LogP contribution >= 0.6 is 0 Å². The number of amides is 1. The molecule has 5 nitrogen and oxygen atoms in total. The number of primary amides is 1. The van der Waals surface area contributed by atoms with Crippen molar-refractivity contribution in [1.29, 1.82) is 0 Å². The number of nitrogens with one attached hydrogen (secondary N) is 1. The van der Waals surface area contributed by atoms with Gasteiger partial charge in [-0.2, -0.15) is 0 Å². The molecule has 0 aliphatic rings. The highest BCUT2D eigenvalue weighted by Gasteiger charge is 2.29. The van der Waals surface area contributed by atoms with Crippen molar-refractivity contribution in [3.05, 3.63) is 30.1 Å². The van der Waals surface area contributed by atoms with Crippen molar-refractivity contribution in [1.82, 2.24) is 4.72 Å². The van der Waals surface area contributed by atoms with E-state index in [2.05, 4.69) is 4.72 Å². The Morgan fingerprint density at radius 3 is 2.44 bits per heavy atom. The third-order valence-corrected chi connectivity index (χ3v) is 3.88. The third kappa shape index (κ3) is 3.78. The van der Waals surface area contributed by atoms with Crippen LogP contribution in [0.3, 0.4) is 0 Å². The average Bonchev–Trinajstić information content (AvgIpc) is 2.13. The smallest absolute Gasteiger partial charge is 0.243 e. The number of hydrogen-bond donors (Lipinski definition) is 2. The first-order valence-corrected chi connectivity index (χ1v) is 6.69. The van der Waals surface area contributed by atoms with Crippen LogP contribution < -0.4 is 10.5 Å². The second kappa shape index (κ2) is 5.03. The Bertz CT molecular complexity index is 555. The van der Waals surface area contributed by atoms with Crippen LogP contribution in [0.2, 0.25) is 0 Å². The van der Waals surface area contributed by atoms with E-state index in [0.717, 1.165) is 12.1 Å². The topological polar surface area (TPSA) is 89.3 Å². The zero-order chi connectivity index (χ0) is 14.0. The maximum atomic E-state index is 13.4. The van der Waals surface area contributed by atoms with E-state index in [0.29, 0.717) is 0 Å². The Balaban J connectivity index is 3.03. The Morgan fingerprint density at radius 1 is 1.39 bits per heavy atom. The lowest BCUT2D eigenvalue weighted by atomic mass is 10.0. The highest BCUT2D eigenvalue weighted by atomic mass is 32.2. The molecule has 0 atom stereocenters. The van der Waals surface area contributed by atoms with Gasteiger partial charge in [0.2, 0.25) is 15.9 Å². The van der Waals surface area contributed by atoms with Crippen molar-refractivity contribution in [3.8, 4) is 0 Å². The summed E-state index contributed by atoms with van der Waals surface area (Å²) in [5.74, 6) is -1.49. The van der Waals surface area contributed by atoms with Crippen LogP contribution in [0.25, 0.3) is 0 Å². The van der Waals surface area contributed by atoms with E-state index in [-0.39, 0.29) is 6.42 Å². The summed E-state index contributed by atoms with van der Waals surface area (Å²) in [4.78, 5) is 10.4. The number of sulfonamides is 1. The molecule has 1 amide bonds. The number of hydrogen-bond acceptors (Lipinski definition) is 3. The van der Waals surface area contributed by atoms with E-state index < -0.39 is 32.2 Å². The number of nitrogens with two attached hydrogens (primary N) is 1. The lowest BCUT2D eigenvalue weighted by Crippen LogP contribution is -2.46. The molecule has 0 heterocycles. The minimum Gasteiger partial charge on any atom is -0.370 e. The van der Waals surface area contributed by atoms with Gasteiger partial charge in [0.1, 0.15) is 10.7 Å². The molecule has 18 heavy (non-hydrogen) atoms. The molecule has 7 heteroatoms. The van der Waals surface area contributed by atoms with Gasteiger partial charge in [0.25, 0.3) is 0 Å². The van der Waals surface area contributed by atoms with E-state index in [4.69, 9.17) is 5.73 Å². The van der Waals surface area contributed by atoms with Crippen LogP contribution in [0, 0.1) is 5.82 Å². The molecule has 0 spiro atoms. The van der Waals surface area contributed by atoms with E-state index in [9.17, 15) is 17.6 Å². The zero-order valence-electron chi connectivity index (χ0n) is 10.1. The molecule has 3 N–H and O–H groups in total. The minimum absolute atomic E-state index is 0.180. The molecule has 0 unspecified atom stereocenters. The fraction of sp³-hybridized carbons (Fsp3) is 0.364. The summed E-state index contributed by atoms with van der Waals surface area (Å²) in [5.41, 5.74) is 3.94. The number of carbonyl (C=O) groups excluding carboxylic acids is 1. The first kappa shape index (κ1) is 14.6. The van der Waals surface area contributed by atoms with Crippen LogP contribution in [0.4, 0.5) is 4.39 Å². The number of halogens is 1. The Morgan fingerprint density at radius 2 is 1.94 bits per heavy atom. The molecule has 100 valence electrons. The van der Waals surface area contributed by atoms with Crippen LogP contribution in [0.15, 0.2) is 29.2 Å². The first-order valence-electron chi connectivity index (χ1n) is 5.21. The van der Waals surface area contributed by atoms with Gasteiger partial charge in [-0.25, -0.2) is 17.5 Å². The number of rotatable bonds is 5. The molecule has 1 rings (SSSR count). The summed E-state index contributed by atoms with van der Waals surface area (Å²) in [6.07, 6.45) is -0.180. The summed E-state index contributed by atoms with van der Waals surface area (Å²) in [6.45, 7) is 2.99. The van der Waals surface area contributed by atoms with Gasteiger partial charge in [0.15, 0.2) is 0 Å².